The number of hydrogen-bond donors (Lipinski definition) is 4. The Morgan fingerprint density at radius 1 is 0.711 bits per heavy atom. The Hall–Kier alpha value is -3.42. The van der Waals surface area contributed by atoms with Crippen LogP contribution in [0.15, 0.2) is 46.2 Å². The van der Waals surface area contributed by atoms with Crippen LogP contribution in [0.3, 0.4) is 0 Å². The molecule has 16 nitrogen and oxygen atoms in total. The molecule has 0 spiro atoms. The third-order valence-electron chi connectivity index (χ3n) is 4.54. The van der Waals surface area contributed by atoms with E-state index in [0.29, 0.717) is 0 Å². The number of carbonyl (C=O) groups is 2. The van der Waals surface area contributed by atoms with Crippen molar-refractivity contribution < 1.29 is 36.3 Å². The van der Waals surface area contributed by atoms with E-state index in [1.54, 1.807) is 9.66 Å². The van der Waals surface area contributed by atoms with Gasteiger partial charge >= 0.3 is 0 Å². The average Bonchev–Trinajstić information content (AvgIpc) is 2.84. The fraction of sp³-hybridized carbons (Fsp3) is 0.222. The highest BCUT2D eigenvalue weighted by Crippen LogP contribution is 2.26. The summed E-state index contributed by atoms with van der Waals surface area (Å²) in [6.45, 7) is 0. The number of carbonyl (C=O) groups excluding carboxylic acids is 2. The zero-order valence-electron chi connectivity index (χ0n) is 18.8. The molecule has 0 radical (unpaired) electrons. The largest absolute Gasteiger partial charge is 0.278 e. The maximum Gasteiger partial charge on any atom is 0.270 e. The van der Waals surface area contributed by atoms with Gasteiger partial charge in [-0.15, -0.1) is 9.66 Å². The monoisotopic (exact) mass is 612 g/mol. The summed E-state index contributed by atoms with van der Waals surface area (Å²) in [5.41, 5.74) is 2.75. The first-order valence-corrected chi connectivity index (χ1v) is 13.9. The summed E-state index contributed by atoms with van der Waals surface area (Å²) >= 11 is 11.6. The average molecular weight is 613 g/mol. The topological polar surface area (TPSA) is 237 Å². The molecule has 0 heterocycles. The van der Waals surface area contributed by atoms with Crippen LogP contribution in [-0.4, -0.2) is 38.5 Å². The van der Waals surface area contributed by atoms with E-state index in [1.807, 2.05) is 10.9 Å². The highest BCUT2D eigenvalue weighted by Gasteiger charge is 2.23. The number of nitro groups is 2. The zero-order valence-corrected chi connectivity index (χ0v) is 22.0. The zero-order chi connectivity index (χ0) is 28.7. The lowest BCUT2D eigenvalue weighted by Gasteiger charge is -2.10. The number of nitro benzene ring substituents is 2. The number of nitrogens with one attached hydrogen (secondary N) is 4. The molecule has 0 saturated carbocycles. The third-order valence-corrected chi connectivity index (χ3v) is 8.00. The van der Waals surface area contributed by atoms with Crippen molar-refractivity contribution in [2.75, 3.05) is 0 Å². The molecule has 20 heteroatoms. The van der Waals surface area contributed by atoms with Crippen molar-refractivity contribution in [1.29, 1.82) is 0 Å². The number of amides is 2. The first kappa shape index (κ1) is 30.8. The molecular weight excluding hydrogens is 595 g/mol. The fourth-order valence-electron chi connectivity index (χ4n) is 2.68. The highest BCUT2D eigenvalue weighted by molar-refractivity contribution is 7.89. The number of unbranched alkanes of at least 4 members (excludes halogenated alkanes) is 1. The number of sulfonamides is 2. The van der Waals surface area contributed by atoms with Gasteiger partial charge in [-0.2, -0.15) is 0 Å². The second-order valence-corrected chi connectivity index (χ2v) is 11.4. The Morgan fingerprint density at radius 2 is 1.05 bits per heavy atom. The molecular formula is C18H18Cl2N6O10S2. The molecule has 0 aliphatic rings. The van der Waals surface area contributed by atoms with E-state index in [4.69, 9.17) is 23.2 Å². The summed E-state index contributed by atoms with van der Waals surface area (Å²) in [6, 6.07) is 5.47. The predicted octanol–water partition coefficient (Wildman–Crippen LogP) is 1.69. The standard InChI is InChI=1S/C18H18Cl2N6O10S2/c19-13-7-5-11(25(29)30)9-15(13)37(33,34)23-21-17(27)3-1-2-4-18(28)22-24-38(35,36)16-10-12(26(31)32)6-8-14(16)20/h5-10,23-24H,1-4H2,(H,21,27)(H,22,28). The smallest absolute Gasteiger partial charge is 0.270 e. The lowest BCUT2D eigenvalue weighted by molar-refractivity contribution is -0.385. The van der Waals surface area contributed by atoms with E-state index in [1.165, 1.54) is 0 Å². The van der Waals surface area contributed by atoms with Crippen molar-refractivity contribution >= 4 is 66.4 Å². The molecule has 0 aromatic heterocycles. The van der Waals surface area contributed by atoms with Crippen LogP contribution in [-0.2, 0) is 29.6 Å². The van der Waals surface area contributed by atoms with Gasteiger partial charge in [0.1, 0.15) is 9.79 Å². The van der Waals surface area contributed by atoms with E-state index >= 15 is 0 Å². The maximum absolute atomic E-state index is 12.3. The van der Waals surface area contributed by atoms with Gasteiger partial charge in [-0.05, 0) is 25.0 Å². The predicted molar refractivity (Wildman–Crippen MR) is 132 cm³/mol. The molecule has 4 N–H and O–H groups in total. The molecule has 0 fully saturated rings. The highest BCUT2D eigenvalue weighted by atomic mass is 35.5. The lowest BCUT2D eigenvalue weighted by atomic mass is 10.2. The number of halogens is 2. The molecule has 38 heavy (non-hydrogen) atoms. The molecule has 0 aliphatic carbocycles. The summed E-state index contributed by atoms with van der Waals surface area (Å²) in [7, 11) is -8.87. The van der Waals surface area contributed by atoms with Crippen molar-refractivity contribution in [2.24, 2.45) is 0 Å². The Morgan fingerprint density at radius 3 is 1.37 bits per heavy atom. The fourth-order valence-corrected chi connectivity index (χ4v) is 5.44. The minimum Gasteiger partial charge on any atom is -0.278 e. The van der Waals surface area contributed by atoms with Crippen molar-refractivity contribution in [3.8, 4) is 0 Å². The van der Waals surface area contributed by atoms with Crippen LogP contribution < -0.4 is 20.5 Å². The second-order valence-electron chi connectivity index (χ2n) is 7.26. The van der Waals surface area contributed by atoms with Crippen LogP contribution in [0, 0.1) is 20.2 Å². The van der Waals surface area contributed by atoms with E-state index < -0.39 is 62.9 Å². The van der Waals surface area contributed by atoms with Crippen molar-refractivity contribution in [3.63, 3.8) is 0 Å². The van der Waals surface area contributed by atoms with Crippen molar-refractivity contribution in [1.82, 2.24) is 20.5 Å². The van der Waals surface area contributed by atoms with Gasteiger partial charge in [0.2, 0.25) is 11.8 Å². The maximum atomic E-state index is 12.3. The number of benzene rings is 2. The molecule has 0 saturated heterocycles. The van der Waals surface area contributed by atoms with Crippen LogP contribution in [0.4, 0.5) is 11.4 Å². The summed E-state index contributed by atoms with van der Waals surface area (Å²) in [6.07, 6.45) is -0.315. The summed E-state index contributed by atoms with van der Waals surface area (Å²) < 4.78 is 49.2. The number of non-ortho nitro benzene ring substituents is 2. The summed E-state index contributed by atoms with van der Waals surface area (Å²) in [4.78, 5) is 46.1. The number of hydrazine groups is 2. The molecule has 0 unspecified atom stereocenters. The van der Waals surface area contributed by atoms with E-state index in [2.05, 4.69) is 0 Å². The number of hydrogen-bond acceptors (Lipinski definition) is 10. The van der Waals surface area contributed by atoms with Gasteiger partial charge in [0.25, 0.3) is 31.4 Å². The Labute approximate surface area is 225 Å². The Bertz CT molecular complexity index is 1370. The van der Waals surface area contributed by atoms with Crippen LogP contribution in [0.5, 0.6) is 0 Å². The number of nitrogens with zero attached hydrogens (tertiary/aromatic N) is 2. The van der Waals surface area contributed by atoms with Crippen molar-refractivity contribution in [2.45, 2.75) is 35.5 Å². The normalized spacial score (nSPS) is 11.5. The summed E-state index contributed by atoms with van der Waals surface area (Å²) in [5, 5.41) is 21.1. The minimum absolute atomic E-state index is 0.0853. The molecule has 206 valence electrons. The molecule has 2 rings (SSSR count). The first-order chi connectivity index (χ1) is 17.6. The molecule has 0 atom stereocenters. The lowest BCUT2D eigenvalue weighted by Crippen LogP contribution is -2.42. The molecule has 2 aromatic rings. The van der Waals surface area contributed by atoms with Gasteiger partial charge in [-0.3, -0.25) is 40.7 Å². The number of rotatable bonds is 13. The third kappa shape index (κ3) is 8.57. The molecule has 0 aliphatic heterocycles. The second kappa shape index (κ2) is 12.9. The molecule has 2 aromatic carbocycles. The van der Waals surface area contributed by atoms with E-state index in [9.17, 15) is 46.7 Å². The molecule has 2 amide bonds. The minimum atomic E-state index is -4.44. The van der Waals surface area contributed by atoms with Crippen molar-refractivity contribution in [3.05, 3.63) is 66.7 Å². The van der Waals surface area contributed by atoms with Gasteiger partial charge in [-0.1, -0.05) is 23.2 Å². The Kier molecular flexibility index (Phi) is 10.5. The first-order valence-electron chi connectivity index (χ1n) is 10.1. The van der Waals surface area contributed by atoms with Crippen LogP contribution >= 0.6 is 23.2 Å². The van der Waals surface area contributed by atoms with Crippen LogP contribution in [0.2, 0.25) is 10.0 Å². The quantitative estimate of drug-likeness (QED) is 0.145. The molecule has 0 bridgehead atoms. The van der Waals surface area contributed by atoms with Gasteiger partial charge in [-0.25, -0.2) is 16.8 Å². The van der Waals surface area contributed by atoms with E-state index in [-0.39, 0.29) is 35.7 Å². The van der Waals surface area contributed by atoms with Crippen LogP contribution in [0.1, 0.15) is 25.7 Å². The van der Waals surface area contributed by atoms with Gasteiger partial charge in [0, 0.05) is 37.1 Å². The van der Waals surface area contributed by atoms with Crippen LogP contribution in [0.25, 0.3) is 0 Å². The Balaban J connectivity index is 1.80. The van der Waals surface area contributed by atoms with Gasteiger partial charge < -0.3 is 0 Å². The van der Waals surface area contributed by atoms with E-state index in [0.717, 1.165) is 36.4 Å². The SMILES string of the molecule is O=C(CCCCC(=O)NNS(=O)(=O)c1cc([N+](=O)[O-])ccc1Cl)NNS(=O)(=O)c1cc([N+](=O)[O-])ccc1Cl. The van der Waals surface area contributed by atoms with Gasteiger partial charge in [0.15, 0.2) is 0 Å². The summed E-state index contributed by atoms with van der Waals surface area (Å²) in [5.74, 6) is -1.59. The van der Waals surface area contributed by atoms with Gasteiger partial charge in [0.05, 0.1) is 19.9 Å².